The summed E-state index contributed by atoms with van der Waals surface area (Å²) >= 11 is 10.2. The molecule has 0 aromatic carbocycles. The molecule has 0 radical (unpaired) electrons. The Morgan fingerprint density at radius 3 is 2.90 bits per heavy atom. The number of rotatable bonds is 4. The summed E-state index contributed by atoms with van der Waals surface area (Å²) in [6.45, 7) is -0.429. The molecular weight excluding hydrogens is 370 g/mol. The van der Waals surface area contributed by atoms with E-state index in [0.717, 1.165) is 3.79 Å². The second-order valence-electron chi connectivity index (χ2n) is 3.44. The molecular formula is C11H7BrClN3O3S. The zero-order valence-corrected chi connectivity index (χ0v) is 13.0. The Bertz CT molecular complexity index is 649. The number of carbonyl (C=O) groups is 2. The van der Waals surface area contributed by atoms with Crippen molar-refractivity contribution >= 4 is 55.9 Å². The van der Waals surface area contributed by atoms with Crippen molar-refractivity contribution in [2.24, 2.45) is 0 Å². The van der Waals surface area contributed by atoms with E-state index in [9.17, 15) is 9.59 Å². The maximum absolute atomic E-state index is 11.7. The van der Waals surface area contributed by atoms with E-state index in [-0.39, 0.29) is 10.7 Å². The highest BCUT2D eigenvalue weighted by atomic mass is 79.9. The van der Waals surface area contributed by atoms with Gasteiger partial charge in [0, 0.05) is 6.20 Å². The van der Waals surface area contributed by atoms with Crippen LogP contribution in [0.2, 0.25) is 5.15 Å². The first-order valence-electron chi connectivity index (χ1n) is 5.25. The minimum Gasteiger partial charge on any atom is -0.452 e. The molecule has 0 unspecified atom stereocenters. The van der Waals surface area contributed by atoms with E-state index in [1.165, 1.54) is 23.6 Å². The molecule has 2 aromatic heterocycles. The first-order valence-corrected chi connectivity index (χ1v) is 7.24. The lowest BCUT2D eigenvalue weighted by Gasteiger charge is -2.05. The van der Waals surface area contributed by atoms with Crippen molar-refractivity contribution in [3.63, 3.8) is 0 Å². The van der Waals surface area contributed by atoms with Crippen LogP contribution in [-0.4, -0.2) is 28.5 Å². The van der Waals surface area contributed by atoms with E-state index in [4.69, 9.17) is 16.3 Å². The molecule has 2 aromatic rings. The van der Waals surface area contributed by atoms with Crippen molar-refractivity contribution in [2.45, 2.75) is 0 Å². The summed E-state index contributed by atoms with van der Waals surface area (Å²) in [6.07, 6.45) is 3.01. The highest BCUT2D eigenvalue weighted by Crippen LogP contribution is 2.22. The second-order valence-corrected chi connectivity index (χ2v) is 6.20. The van der Waals surface area contributed by atoms with Crippen LogP contribution in [0.25, 0.3) is 0 Å². The molecule has 0 aliphatic heterocycles. The number of amides is 1. The Balaban J connectivity index is 1.87. The number of esters is 1. The minimum absolute atomic E-state index is 0.0294. The van der Waals surface area contributed by atoms with E-state index in [1.807, 2.05) is 0 Å². The Hall–Kier alpha value is -1.51. The number of ether oxygens (including phenoxy) is 1. The topological polar surface area (TPSA) is 81.2 Å². The fourth-order valence-corrected chi connectivity index (χ4v) is 2.53. The van der Waals surface area contributed by atoms with Gasteiger partial charge in [-0.05, 0) is 28.1 Å². The molecule has 1 N–H and O–H groups in total. The van der Waals surface area contributed by atoms with E-state index in [1.54, 1.807) is 12.3 Å². The van der Waals surface area contributed by atoms with Crippen LogP contribution in [0.1, 0.15) is 10.4 Å². The van der Waals surface area contributed by atoms with Crippen LogP contribution >= 0.6 is 38.9 Å². The quantitative estimate of drug-likeness (QED) is 0.655. The summed E-state index contributed by atoms with van der Waals surface area (Å²) in [5, 5.41) is 2.94. The SMILES string of the molecule is O=C(COC(=O)c1cccnc1Cl)Nc1ncc(Br)s1. The Labute approximate surface area is 131 Å². The summed E-state index contributed by atoms with van der Waals surface area (Å²) < 4.78 is 5.62. The predicted molar refractivity (Wildman–Crippen MR) is 78.0 cm³/mol. The van der Waals surface area contributed by atoms with Crippen LogP contribution in [0.4, 0.5) is 5.13 Å². The zero-order chi connectivity index (χ0) is 14.5. The lowest BCUT2D eigenvalue weighted by Crippen LogP contribution is -2.21. The molecule has 0 atom stereocenters. The fourth-order valence-electron chi connectivity index (χ4n) is 1.21. The molecule has 0 fully saturated rings. The molecule has 9 heteroatoms. The summed E-state index contributed by atoms with van der Waals surface area (Å²) in [7, 11) is 0. The van der Waals surface area contributed by atoms with E-state index < -0.39 is 18.5 Å². The van der Waals surface area contributed by atoms with Crippen molar-refractivity contribution in [3.8, 4) is 0 Å². The summed E-state index contributed by atoms with van der Waals surface area (Å²) in [5.74, 6) is -1.20. The van der Waals surface area contributed by atoms with Gasteiger partial charge in [-0.2, -0.15) is 0 Å². The molecule has 0 aliphatic rings. The summed E-state index contributed by atoms with van der Waals surface area (Å²) in [4.78, 5) is 30.9. The first kappa shape index (κ1) is 14.9. The van der Waals surface area contributed by atoms with Gasteiger partial charge in [-0.3, -0.25) is 10.1 Å². The van der Waals surface area contributed by atoms with Gasteiger partial charge in [0.25, 0.3) is 5.91 Å². The van der Waals surface area contributed by atoms with Crippen molar-refractivity contribution < 1.29 is 14.3 Å². The van der Waals surface area contributed by atoms with Crippen molar-refractivity contribution in [1.29, 1.82) is 0 Å². The normalized spacial score (nSPS) is 10.1. The molecule has 6 nitrogen and oxygen atoms in total. The molecule has 20 heavy (non-hydrogen) atoms. The lowest BCUT2D eigenvalue weighted by atomic mass is 10.3. The standard InChI is InChI=1S/C11H7BrClN3O3S/c12-7-4-15-11(20-7)16-8(17)5-19-10(18)6-2-1-3-14-9(6)13/h1-4H,5H2,(H,15,16,17). The van der Waals surface area contributed by atoms with Gasteiger partial charge in [0.15, 0.2) is 11.7 Å². The minimum atomic E-state index is -0.710. The summed E-state index contributed by atoms with van der Waals surface area (Å²) in [5.41, 5.74) is 0.110. The number of hydrogen-bond acceptors (Lipinski definition) is 6. The predicted octanol–water partition coefficient (Wildman–Crippen LogP) is 2.75. The number of carbonyl (C=O) groups excluding carboxylic acids is 2. The van der Waals surface area contributed by atoms with E-state index >= 15 is 0 Å². The highest BCUT2D eigenvalue weighted by Gasteiger charge is 2.14. The average molecular weight is 377 g/mol. The van der Waals surface area contributed by atoms with Crippen molar-refractivity contribution in [1.82, 2.24) is 9.97 Å². The maximum Gasteiger partial charge on any atom is 0.341 e. The van der Waals surface area contributed by atoms with Gasteiger partial charge < -0.3 is 4.74 Å². The van der Waals surface area contributed by atoms with Crippen molar-refractivity contribution in [2.75, 3.05) is 11.9 Å². The second kappa shape index (κ2) is 6.78. The smallest absolute Gasteiger partial charge is 0.341 e. The molecule has 104 valence electrons. The number of pyridine rings is 1. The first-order chi connectivity index (χ1) is 9.56. The Kier molecular flexibility index (Phi) is 5.05. The average Bonchev–Trinajstić information content (AvgIpc) is 2.82. The van der Waals surface area contributed by atoms with Crippen LogP contribution in [0.3, 0.4) is 0 Å². The lowest BCUT2D eigenvalue weighted by molar-refractivity contribution is -0.119. The number of hydrogen-bond donors (Lipinski definition) is 1. The van der Waals surface area contributed by atoms with Gasteiger partial charge in [0.2, 0.25) is 0 Å². The van der Waals surface area contributed by atoms with Crippen molar-refractivity contribution in [3.05, 3.63) is 39.0 Å². The Morgan fingerprint density at radius 1 is 1.45 bits per heavy atom. The van der Waals surface area contributed by atoms with E-state index in [2.05, 4.69) is 31.2 Å². The van der Waals surface area contributed by atoms with Crippen LogP contribution < -0.4 is 5.32 Å². The molecule has 2 rings (SSSR count). The van der Waals surface area contributed by atoms with Gasteiger partial charge in [-0.1, -0.05) is 22.9 Å². The van der Waals surface area contributed by atoms with Gasteiger partial charge in [0.05, 0.1) is 15.5 Å². The zero-order valence-electron chi connectivity index (χ0n) is 9.80. The third-order valence-electron chi connectivity index (χ3n) is 2.04. The third kappa shape index (κ3) is 3.99. The molecule has 0 bridgehead atoms. The largest absolute Gasteiger partial charge is 0.452 e. The van der Waals surface area contributed by atoms with Gasteiger partial charge in [-0.25, -0.2) is 14.8 Å². The third-order valence-corrected chi connectivity index (χ3v) is 3.73. The number of aromatic nitrogens is 2. The van der Waals surface area contributed by atoms with Crippen LogP contribution in [-0.2, 0) is 9.53 Å². The number of nitrogens with one attached hydrogen (secondary N) is 1. The van der Waals surface area contributed by atoms with Crippen LogP contribution in [0.5, 0.6) is 0 Å². The monoisotopic (exact) mass is 375 g/mol. The fraction of sp³-hybridized carbons (Fsp3) is 0.0909. The number of nitrogens with zero attached hydrogens (tertiary/aromatic N) is 2. The number of halogens is 2. The molecule has 0 aliphatic carbocycles. The highest BCUT2D eigenvalue weighted by molar-refractivity contribution is 9.11. The molecule has 2 heterocycles. The van der Waals surface area contributed by atoms with Gasteiger partial charge in [0.1, 0.15) is 5.15 Å². The number of thiazole rings is 1. The van der Waals surface area contributed by atoms with E-state index in [0.29, 0.717) is 5.13 Å². The van der Waals surface area contributed by atoms with Gasteiger partial charge >= 0.3 is 5.97 Å². The molecule has 0 saturated heterocycles. The number of anilines is 1. The molecule has 0 saturated carbocycles. The summed E-state index contributed by atoms with van der Waals surface area (Å²) in [6, 6.07) is 3.02. The van der Waals surface area contributed by atoms with Crippen LogP contribution in [0.15, 0.2) is 28.3 Å². The molecule has 0 spiro atoms. The Morgan fingerprint density at radius 2 is 2.25 bits per heavy atom. The van der Waals surface area contributed by atoms with Gasteiger partial charge in [-0.15, -0.1) is 0 Å². The van der Waals surface area contributed by atoms with Crippen LogP contribution in [0, 0.1) is 0 Å². The molecule has 1 amide bonds. The maximum atomic E-state index is 11.7.